The van der Waals surface area contributed by atoms with Gasteiger partial charge in [0, 0.05) is 0 Å². The summed E-state index contributed by atoms with van der Waals surface area (Å²) in [5, 5.41) is 0. The molecular formula is C21H29F13O2. The number of ether oxygens (including phenoxy) is 1. The molecule has 0 aliphatic carbocycles. The molecule has 36 heavy (non-hydrogen) atoms. The Balaban J connectivity index is 6.28. The van der Waals surface area contributed by atoms with Gasteiger partial charge in [0.2, 0.25) is 0 Å². The second kappa shape index (κ2) is 10.4. The lowest BCUT2D eigenvalue weighted by atomic mass is 9.68. The summed E-state index contributed by atoms with van der Waals surface area (Å²) < 4.78 is 177. The van der Waals surface area contributed by atoms with E-state index in [1.807, 2.05) is 0 Å². The number of hydrogen-bond acceptors (Lipinski definition) is 2. The molecule has 0 saturated carbocycles. The van der Waals surface area contributed by atoms with Gasteiger partial charge in [0.1, 0.15) is 0 Å². The van der Waals surface area contributed by atoms with Crippen LogP contribution in [0.25, 0.3) is 0 Å². The van der Waals surface area contributed by atoms with Crippen LogP contribution < -0.4 is 0 Å². The first-order valence-corrected chi connectivity index (χ1v) is 10.7. The standard InChI is InChI=1S/C21H29F13O2/c1-7-9-15(5,6)12(10-14(3,4)8-2)13(35)36-11-16(22,23)18(25,26)19(27,28)17(24,20(29,30)31)21(32,33)34/h12H,7-11H2,1-6H3. The van der Waals surface area contributed by atoms with Gasteiger partial charge in [0.25, 0.3) is 0 Å². The van der Waals surface area contributed by atoms with Crippen LogP contribution in [0.1, 0.15) is 67.2 Å². The van der Waals surface area contributed by atoms with Gasteiger partial charge in [-0.2, -0.15) is 52.7 Å². The monoisotopic (exact) mass is 560 g/mol. The highest BCUT2D eigenvalue weighted by molar-refractivity contribution is 5.73. The smallest absolute Gasteiger partial charge is 0.438 e. The summed E-state index contributed by atoms with van der Waals surface area (Å²) in [7, 11) is 0. The van der Waals surface area contributed by atoms with Crippen LogP contribution in [0, 0.1) is 16.7 Å². The third-order valence-corrected chi connectivity index (χ3v) is 6.30. The van der Waals surface area contributed by atoms with Gasteiger partial charge < -0.3 is 4.74 Å². The third kappa shape index (κ3) is 6.33. The van der Waals surface area contributed by atoms with Crippen LogP contribution in [0.5, 0.6) is 0 Å². The Bertz CT molecular complexity index is 738. The van der Waals surface area contributed by atoms with Crippen molar-refractivity contribution in [3.05, 3.63) is 0 Å². The first kappa shape index (κ1) is 34.6. The predicted molar refractivity (Wildman–Crippen MR) is 103 cm³/mol. The number of halogens is 13. The zero-order valence-electron chi connectivity index (χ0n) is 20.3. The molecule has 0 aromatic carbocycles. The molecule has 0 aliphatic rings. The van der Waals surface area contributed by atoms with Crippen molar-refractivity contribution in [2.75, 3.05) is 6.61 Å². The SMILES string of the molecule is CCCC(C)(C)C(CC(C)(C)CC)C(=O)OCC(F)(F)C(F)(F)C(F)(F)C(F)(C(F)(F)F)C(F)(F)F. The fourth-order valence-corrected chi connectivity index (χ4v) is 3.51. The van der Waals surface area contributed by atoms with E-state index in [2.05, 4.69) is 4.74 Å². The van der Waals surface area contributed by atoms with E-state index in [9.17, 15) is 61.9 Å². The average Bonchev–Trinajstić information content (AvgIpc) is 2.67. The molecule has 1 atom stereocenters. The van der Waals surface area contributed by atoms with Crippen LogP contribution in [-0.2, 0) is 9.53 Å². The minimum absolute atomic E-state index is 0.0663. The van der Waals surface area contributed by atoms with Crippen LogP contribution in [0.2, 0.25) is 0 Å². The summed E-state index contributed by atoms with van der Waals surface area (Å²) in [4.78, 5) is 12.6. The second-order valence-electron chi connectivity index (χ2n) is 10.1. The molecular weight excluding hydrogens is 531 g/mol. The molecule has 216 valence electrons. The maximum Gasteiger partial charge on any atom is 0.438 e. The molecule has 0 rings (SSSR count). The average molecular weight is 560 g/mol. The Labute approximate surface area is 199 Å². The van der Waals surface area contributed by atoms with Crippen molar-refractivity contribution >= 4 is 5.97 Å². The van der Waals surface area contributed by atoms with Crippen LogP contribution >= 0.6 is 0 Å². The lowest BCUT2D eigenvalue weighted by molar-refractivity contribution is -0.445. The maximum atomic E-state index is 14.1. The molecule has 0 fully saturated rings. The number of alkyl halides is 13. The zero-order valence-corrected chi connectivity index (χ0v) is 20.3. The quantitative estimate of drug-likeness (QED) is 0.177. The van der Waals surface area contributed by atoms with Gasteiger partial charge in [0.15, 0.2) is 6.61 Å². The van der Waals surface area contributed by atoms with Crippen LogP contribution in [-0.4, -0.2) is 48.4 Å². The normalized spacial score (nSPS) is 16.2. The number of hydrogen-bond donors (Lipinski definition) is 0. The van der Waals surface area contributed by atoms with Gasteiger partial charge >= 0.3 is 41.8 Å². The number of carbonyl (C=O) groups is 1. The van der Waals surface area contributed by atoms with Crippen LogP contribution in [0.3, 0.4) is 0 Å². The Morgan fingerprint density at radius 1 is 0.722 bits per heavy atom. The van der Waals surface area contributed by atoms with Crippen LogP contribution in [0.15, 0.2) is 0 Å². The van der Waals surface area contributed by atoms with Crippen molar-refractivity contribution in [1.82, 2.24) is 0 Å². The number of rotatable bonds is 12. The largest absolute Gasteiger partial charge is 0.459 e. The van der Waals surface area contributed by atoms with Gasteiger partial charge in [-0.1, -0.05) is 54.4 Å². The van der Waals surface area contributed by atoms with Gasteiger partial charge in [-0.25, -0.2) is 4.39 Å². The number of carbonyl (C=O) groups excluding carboxylic acids is 1. The van der Waals surface area contributed by atoms with Crippen molar-refractivity contribution in [2.45, 2.75) is 103 Å². The molecule has 0 spiro atoms. The summed E-state index contributed by atoms with van der Waals surface area (Å²) in [6.07, 6.45) is -14.4. The lowest BCUT2D eigenvalue weighted by Crippen LogP contribution is -2.73. The van der Waals surface area contributed by atoms with Gasteiger partial charge in [-0.15, -0.1) is 0 Å². The minimum Gasteiger partial charge on any atom is -0.459 e. The molecule has 1 unspecified atom stereocenters. The Morgan fingerprint density at radius 3 is 1.47 bits per heavy atom. The molecule has 0 aromatic rings. The fraction of sp³-hybridized carbons (Fsp3) is 0.952. The topological polar surface area (TPSA) is 26.3 Å². The Hall–Kier alpha value is -1.44. The lowest BCUT2D eigenvalue weighted by Gasteiger charge is -2.42. The van der Waals surface area contributed by atoms with E-state index in [-0.39, 0.29) is 12.8 Å². The highest BCUT2D eigenvalue weighted by Crippen LogP contribution is 2.62. The Morgan fingerprint density at radius 2 is 1.14 bits per heavy atom. The minimum atomic E-state index is -8.04. The number of esters is 1. The molecule has 2 nitrogen and oxygen atoms in total. The third-order valence-electron chi connectivity index (χ3n) is 6.30. The summed E-state index contributed by atoms with van der Waals surface area (Å²) in [5.41, 5.74) is -9.69. The van der Waals surface area contributed by atoms with Gasteiger partial charge in [0.05, 0.1) is 5.92 Å². The molecule has 0 bridgehead atoms. The Kier molecular flexibility index (Phi) is 9.96. The molecule has 0 N–H and O–H groups in total. The maximum absolute atomic E-state index is 14.1. The molecule has 0 radical (unpaired) electrons. The summed E-state index contributed by atoms with van der Waals surface area (Å²) in [5.74, 6) is -25.1. The molecule has 0 heterocycles. The summed E-state index contributed by atoms with van der Waals surface area (Å²) >= 11 is 0. The van der Waals surface area contributed by atoms with Crippen LogP contribution in [0.4, 0.5) is 57.1 Å². The van der Waals surface area contributed by atoms with Crippen molar-refractivity contribution in [1.29, 1.82) is 0 Å². The van der Waals surface area contributed by atoms with E-state index in [1.165, 1.54) is 13.8 Å². The summed E-state index contributed by atoms with van der Waals surface area (Å²) in [6.45, 7) is 6.69. The van der Waals surface area contributed by atoms with E-state index in [4.69, 9.17) is 0 Å². The van der Waals surface area contributed by atoms with Crippen molar-refractivity contribution in [3.8, 4) is 0 Å². The molecule has 0 aliphatic heterocycles. The van der Waals surface area contributed by atoms with Crippen molar-refractivity contribution in [3.63, 3.8) is 0 Å². The molecule has 0 saturated heterocycles. The second-order valence-corrected chi connectivity index (χ2v) is 10.1. The molecule has 0 amide bonds. The van der Waals surface area contributed by atoms with Crippen molar-refractivity contribution < 1.29 is 66.6 Å². The first-order chi connectivity index (χ1) is 15.6. The van der Waals surface area contributed by atoms with E-state index < -0.39 is 65.1 Å². The van der Waals surface area contributed by atoms with Gasteiger partial charge in [-0.3, -0.25) is 4.79 Å². The van der Waals surface area contributed by atoms with E-state index in [0.29, 0.717) is 12.8 Å². The highest BCUT2D eigenvalue weighted by atomic mass is 19.4. The summed E-state index contributed by atoms with van der Waals surface area (Å²) in [6, 6.07) is 0. The highest BCUT2D eigenvalue weighted by Gasteiger charge is 2.93. The fourth-order valence-electron chi connectivity index (χ4n) is 3.51. The van der Waals surface area contributed by atoms with E-state index in [0.717, 1.165) is 0 Å². The molecule has 15 heteroatoms. The van der Waals surface area contributed by atoms with Gasteiger partial charge in [-0.05, 0) is 23.7 Å². The zero-order chi connectivity index (χ0) is 29.4. The first-order valence-electron chi connectivity index (χ1n) is 10.7. The predicted octanol–water partition coefficient (Wildman–Crippen LogP) is 8.54. The van der Waals surface area contributed by atoms with E-state index in [1.54, 1.807) is 27.7 Å². The van der Waals surface area contributed by atoms with Crippen molar-refractivity contribution in [2.24, 2.45) is 16.7 Å². The molecule has 0 aromatic heterocycles. The van der Waals surface area contributed by atoms with E-state index >= 15 is 0 Å².